The van der Waals surface area contributed by atoms with E-state index in [2.05, 4.69) is 24.0 Å². The third kappa shape index (κ3) is 6.59. The van der Waals surface area contributed by atoms with E-state index < -0.39 is 0 Å². The highest BCUT2D eigenvalue weighted by Crippen LogP contribution is 2.30. The van der Waals surface area contributed by atoms with Gasteiger partial charge < -0.3 is 10.5 Å². The lowest BCUT2D eigenvalue weighted by atomic mass is 10.1. The molecule has 1 aliphatic carbocycles. The quantitative estimate of drug-likeness (QED) is 0.304. The van der Waals surface area contributed by atoms with E-state index in [1.165, 1.54) is 24.1 Å². The van der Waals surface area contributed by atoms with Crippen molar-refractivity contribution in [2.45, 2.75) is 32.6 Å². The zero-order valence-electron chi connectivity index (χ0n) is 16.2. The molecule has 1 atom stereocenters. The molecule has 1 aliphatic heterocycles. The van der Waals surface area contributed by atoms with Crippen LogP contribution in [0.5, 0.6) is 0 Å². The molecule has 0 radical (unpaired) electrons. The van der Waals surface area contributed by atoms with E-state index in [-0.39, 0.29) is 0 Å². The van der Waals surface area contributed by atoms with E-state index in [1.807, 2.05) is 0 Å². The summed E-state index contributed by atoms with van der Waals surface area (Å²) in [5.41, 5.74) is 12.8. The maximum atomic E-state index is 9.14. The van der Waals surface area contributed by atoms with Crippen LogP contribution in [0, 0.1) is 5.92 Å². The number of morpholine rings is 1. The molecule has 2 aliphatic rings. The lowest BCUT2D eigenvalue weighted by Gasteiger charge is -2.26. The SMILES string of the molecule is CO[NH2+]c1cc2c(cc1[NH2+]O)CC(C)C2.NCCCCN1CCOCC1. The first-order valence-electron chi connectivity index (χ1n) is 9.67. The summed E-state index contributed by atoms with van der Waals surface area (Å²) in [5, 5.41) is 9.14. The zero-order valence-corrected chi connectivity index (χ0v) is 16.2. The molecule has 7 nitrogen and oxygen atoms in total. The highest BCUT2D eigenvalue weighted by atomic mass is 16.6. The maximum Gasteiger partial charge on any atom is 0.226 e. The molecule has 0 aromatic heterocycles. The average molecular weight is 369 g/mol. The second kappa shape index (κ2) is 11.6. The summed E-state index contributed by atoms with van der Waals surface area (Å²) in [4.78, 5) is 7.44. The Balaban J connectivity index is 0.000000197. The summed E-state index contributed by atoms with van der Waals surface area (Å²) in [5.74, 6) is 0.712. The molecule has 0 amide bonds. The Kier molecular flexibility index (Phi) is 9.49. The van der Waals surface area contributed by atoms with Crippen LogP contribution < -0.4 is 16.7 Å². The van der Waals surface area contributed by atoms with Gasteiger partial charge in [0.25, 0.3) is 0 Å². The molecule has 1 aromatic rings. The molecule has 1 unspecified atom stereocenters. The van der Waals surface area contributed by atoms with Crippen LogP contribution in [0.1, 0.15) is 30.9 Å². The molecule has 0 saturated carbocycles. The second-order valence-electron chi connectivity index (χ2n) is 7.20. The smallest absolute Gasteiger partial charge is 0.226 e. The van der Waals surface area contributed by atoms with Crippen molar-refractivity contribution in [1.82, 2.24) is 4.90 Å². The van der Waals surface area contributed by atoms with Gasteiger partial charge in [0.1, 0.15) is 0 Å². The number of hydrogen-bond donors (Lipinski definition) is 4. The van der Waals surface area contributed by atoms with E-state index in [4.69, 9.17) is 20.5 Å². The largest absolute Gasteiger partial charge is 0.379 e. The second-order valence-corrected chi connectivity index (χ2v) is 7.20. The van der Waals surface area contributed by atoms with Crippen molar-refractivity contribution in [3.63, 3.8) is 0 Å². The monoisotopic (exact) mass is 368 g/mol. The molecule has 148 valence electrons. The molecular weight excluding hydrogens is 332 g/mol. The molecule has 1 heterocycles. The normalized spacial score (nSPS) is 19.8. The van der Waals surface area contributed by atoms with Gasteiger partial charge in [0.2, 0.25) is 11.4 Å². The van der Waals surface area contributed by atoms with E-state index >= 15 is 0 Å². The number of benzene rings is 1. The molecule has 1 saturated heterocycles. The Morgan fingerprint density at radius 2 is 1.85 bits per heavy atom. The van der Waals surface area contributed by atoms with Crippen LogP contribution in [0.25, 0.3) is 0 Å². The van der Waals surface area contributed by atoms with Crippen LogP contribution in [0.2, 0.25) is 0 Å². The fourth-order valence-corrected chi connectivity index (χ4v) is 3.58. The van der Waals surface area contributed by atoms with Crippen LogP contribution in [0.15, 0.2) is 12.1 Å². The van der Waals surface area contributed by atoms with Gasteiger partial charge in [-0.1, -0.05) is 6.92 Å². The van der Waals surface area contributed by atoms with Gasteiger partial charge in [0, 0.05) is 25.2 Å². The van der Waals surface area contributed by atoms with Crippen LogP contribution in [0.4, 0.5) is 11.4 Å². The van der Waals surface area contributed by atoms with Crippen molar-refractivity contribution < 1.29 is 25.7 Å². The fourth-order valence-electron chi connectivity index (χ4n) is 3.58. The number of ether oxygens (including phenoxy) is 1. The number of rotatable bonds is 7. The van der Waals surface area contributed by atoms with E-state index in [1.54, 1.807) is 12.6 Å². The molecule has 7 N–H and O–H groups in total. The van der Waals surface area contributed by atoms with Gasteiger partial charge in [-0.3, -0.25) is 4.90 Å². The number of unbranched alkanes of at least 4 members (excludes halogenated alkanes) is 1. The highest BCUT2D eigenvalue weighted by molar-refractivity contribution is 5.56. The third-order valence-corrected chi connectivity index (χ3v) is 4.96. The summed E-state index contributed by atoms with van der Waals surface area (Å²) in [6.45, 7) is 8.29. The highest BCUT2D eigenvalue weighted by Gasteiger charge is 2.23. The Morgan fingerprint density at radius 1 is 1.19 bits per heavy atom. The Hall–Kier alpha value is -1.06. The number of nitrogens with zero attached hydrogens (tertiary/aromatic N) is 1. The lowest BCUT2D eigenvalue weighted by molar-refractivity contribution is -0.853. The number of quaternary nitrogens is 2. The van der Waals surface area contributed by atoms with Crippen LogP contribution >= 0.6 is 0 Å². The minimum absolute atomic E-state index is 0.712. The van der Waals surface area contributed by atoms with Crippen LogP contribution in [-0.4, -0.2) is 56.6 Å². The number of hydrogen-bond acceptors (Lipinski definition) is 5. The first kappa shape index (κ1) is 21.2. The molecular formula is C19H36N4O3+2. The summed E-state index contributed by atoms with van der Waals surface area (Å²) >= 11 is 0. The van der Waals surface area contributed by atoms with Crippen molar-refractivity contribution in [3.05, 3.63) is 23.3 Å². The van der Waals surface area contributed by atoms with Crippen molar-refractivity contribution >= 4 is 11.4 Å². The summed E-state index contributed by atoms with van der Waals surface area (Å²) in [7, 11) is 1.62. The molecule has 0 spiro atoms. The minimum atomic E-state index is 0.712. The van der Waals surface area contributed by atoms with Gasteiger partial charge in [0.15, 0.2) is 0 Å². The molecule has 1 fully saturated rings. The summed E-state index contributed by atoms with van der Waals surface area (Å²) in [6.07, 6.45) is 4.63. The van der Waals surface area contributed by atoms with E-state index in [9.17, 15) is 0 Å². The minimum Gasteiger partial charge on any atom is -0.379 e. The fraction of sp³-hybridized carbons (Fsp3) is 0.684. The Bertz CT molecular complexity index is 536. The summed E-state index contributed by atoms with van der Waals surface area (Å²) < 4.78 is 5.24. The van der Waals surface area contributed by atoms with E-state index in [0.717, 1.165) is 69.0 Å². The van der Waals surface area contributed by atoms with Crippen molar-refractivity contribution in [2.75, 3.05) is 46.5 Å². The summed E-state index contributed by atoms with van der Waals surface area (Å²) in [6, 6.07) is 4.17. The maximum absolute atomic E-state index is 9.14. The zero-order chi connectivity index (χ0) is 18.8. The van der Waals surface area contributed by atoms with Gasteiger partial charge in [-0.2, -0.15) is 11.0 Å². The molecule has 0 bridgehead atoms. The first-order chi connectivity index (χ1) is 12.7. The van der Waals surface area contributed by atoms with Crippen molar-refractivity contribution in [2.24, 2.45) is 11.7 Å². The van der Waals surface area contributed by atoms with Gasteiger partial charge in [-0.15, -0.1) is 0 Å². The number of nitrogens with two attached hydrogens (primary N) is 3. The average Bonchev–Trinajstić information content (AvgIpc) is 3.02. The van der Waals surface area contributed by atoms with Crippen LogP contribution in [-0.2, 0) is 22.4 Å². The third-order valence-electron chi connectivity index (χ3n) is 4.96. The standard InChI is InChI=1S/C11H16N2O2.C8H18N2O/c1-7-3-8-5-10(12-14)11(13-15-2)6-9(8)4-7;9-3-1-2-4-10-5-7-11-8-6-10/h5-7,12-14H,3-4H2,1-2H3;1-9H2/p+2. The number of fused-ring (bicyclic) bond motifs is 1. The van der Waals surface area contributed by atoms with E-state index in [0.29, 0.717) is 5.92 Å². The van der Waals surface area contributed by atoms with Gasteiger partial charge in [0.05, 0.1) is 20.3 Å². The Labute approximate surface area is 156 Å². The van der Waals surface area contributed by atoms with Gasteiger partial charge in [-0.05, 0) is 55.8 Å². The van der Waals surface area contributed by atoms with Gasteiger partial charge in [-0.25, -0.2) is 10.0 Å². The molecule has 26 heavy (non-hydrogen) atoms. The predicted molar refractivity (Wildman–Crippen MR) is 101 cm³/mol. The van der Waals surface area contributed by atoms with Crippen LogP contribution in [0.3, 0.4) is 0 Å². The van der Waals surface area contributed by atoms with Crippen molar-refractivity contribution in [1.29, 1.82) is 0 Å². The first-order valence-corrected chi connectivity index (χ1v) is 9.67. The topological polar surface area (TPSA) is 101 Å². The predicted octanol–water partition coefficient (Wildman–Crippen LogP) is -0.181. The molecule has 3 rings (SSSR count). The van der Waals surface area contributed by atoms with Gasteiger partial charge >= 0.3 is 0 Å². The molecule has 7 heteroatoms. The molecule has 1 aromatic carbocycles. The van der Waals surface area contributed by atoms with Crippen molar-refractivity contribution in [3.8, 4) is 0 Å². The lowest BCUT2D eigenvalue weighted by Crippen LogP contribution is -2.81. The Morgan fingerprint density at radius 3 is 2.42 bits per heavy atom.